The predicted molar refractivity (Wildman–Crippen MR) is 137 cm³/mol. The van der Waals surface area contributed by atoms with E-state index in [1.807, 2.05) is 39.0 Å². The Morgan fingerprint density at radius 2 is 1.95 bits per heavy atom. The number of hydrogen-bond acceptors (Lipinski definition) is 7. The molecule has 4 bridgehead atoms. The number of pyridine rings is 1. The van der Waals surface area contributed by atoms with Gasteiger partial charge in [-0.2, -0.15) is 0 Å². The molecule has 1 fully saturated rings. The number of methoxy groups -OCH3 is 1. The van der Waals surface area contributed by atoms with Crippen LogP contribution in [0.15, 0.2) is 24.4 Å². The van der Waals surface area contributed by atoms with Gasteiger partial charge in [0.2, 0.25) is 11.8 Å². The Bertz CT molecular complexity index is 1170. The summed E-state index contributed by atoms with van der Waals surface area (Å²) in [6.45, 7) is 6.00. The van der Waals surface area contributed by atoms with E-state index in [4.69, 9.17) is 14.2 Å². The molecule has 0 spiro atoms. The number of esters is 1. The molecule has 9 nitrogen and oxygen atoms in total. The van der Waals surface area contributed by atoms with Crippen LogP contribution in [0.1, 0.15) is 58.4 Å². The van der Waals surface area contributed by atoms with Crippen LogP contribution < -0.4 is 9.47 Å². The van der Waals surface area contributed by atoms with Gasteiger partial charge in [-0.05, 0) is 54.9 Å². The van der Waals surface area contributed by atoms with E-state index in [1.165, 1.54) is 4.90 Å². The first kappa shape index (κ1) is 26.7. The predicted octanol–water partition coefficient (Wildman–Crippen LogP) is 4.00. The van der Waals surface area contributed by atoms with E-state index >= 15 is 0 Å². The molecule has 1 saturated heterocycles. The molecule has 2 aliphatic heterocycles. The number of carbonyl (C=O) groups is 3. The maximum atomic E-state index is 13.7. The van der Waals surface area contributed by atoms with Crippen molar-refractivity contribution in [3.8, 4) is 11.6 Å². The number of carboxylic acids is 1. The number of cyclic esters (lactones) is 1. The highest BCUT2D eigenvalue weighted by Gasteiger charge is 2.46. The lowest BCUT2D eigenvalue weighted by Gasteiger charge is -2.33. The van der Waals surface area contributed by atoms with Crippen LogP contribution >= 0.6 is 0 Å². The van der Waals surface area contributed by atoms with Gasteiger partial charge in [-0.25, -0.2) is 9.78 Å². The quantitative estimate of drug-likeness (QED) is 0.601. The molecule has 0 radical (unpaired) electrons. The third-order valence-electron chi connectivity index (χ3n) is 7.28. The Kier molecular flexibility index (Phi) is 7.90. The summed E-state index contributed by atoms with van der Waals surface area (Å²) in [5.74, 6) is -1.54. The van der Waals surface area contributed by atoms with E-state index in [0.717, 1.165) is 42.0 Å². The first-order valence-corrected chi connectivity index (χ1v) is 12.9. The van der Waals surface area contributed by atoms with Crippen LogP contribution in [0.3, 0.4) is 0 Å². The number of aryl methyl sites for hydroxylation is 1. The summed E-state index contributed by atoms with van der Waals surface area (Å²) in [7, 11) is 1.62. The molecule has 0 unspecified atom stereocenters. The minimum absolute atomic E-state index is 0.0896. The average molecular weight is 513 g/mol. The van der Waals surface area contributed by atoms with Gasteiger partial charge in [-0.1, -0.05) is 20.8 Å². The van der Waals surface area contributed by atoms with Gasteiger partial charge in [0.05, 0.1) is 32.6 Å². The Morgan fingerprint density at radius 3 is 2.65 bits per heavy atom. The largest absolute Gasteiger partial charge is 0.496 e. The van der Waals surface area contributed by atoms with Gasteiger partial charge in [-0.3, -0.25) is 9.59 Å². The van der Waals surface area contributed by atoms with Crippen molar-refractivity contribution in [3.63, 3.8) is 0 Å². The van der Waals surface area contributed by atoms with Crippen LogP contribution in [0.2, 0.25) is 0 Å². The monoisotopic (exact) mass is 512 g/mol. The van der Waals surface area contributed by atoms with Crippen molar-refractivity contribution in [3.05, 3.63) is 30.0 Å². The zero-order chi connectivity index (χ0) is 26.7. The molecule has 9 heteroatoms. The lowest BCUT2D eigenvalue weighted by atomic mass is 9.77. The van der Waals surface area contributed by atoms with E-state index < -0.39 is 35.4 Å². The van der Waals surface area contributed by atoms with Crippen molar-refractivity contribution in [1.82, 2.24) is 9.88 Å². The molecule has 0 aliphatic carbocycles. The van der Waals surface area contributed by atoms with Gasteiger partial charge in [-0.15, -0.1) is 0 Å². The minimum atomic E-state index is -1.10. The molecule has 2 aromatic rings. The van der Waals surface area contributed by atoms with Crippen LogP contribution in [0, 0.1) is 11.3 Å². The van der Waals surface area contributed by atoms with Gasteiger partial charge in [0.25, 0.3) is 0 Å². The summed E-state index contributed by atoms with van der Waals surface area (Å²) in [6, 6.07) is 4.85. The Labute approximate surface area is 217 Å². The third-order valence-corrected chi connectivity index (χ3v) is 7.28. The van der Waals surface area contributed by atoms with Crippen molar-refractivity contribution in [2.24, 2.45) is 11.3 Å². The van der Waals surface area contributed by atoms with E-state index in [1.54, 1.807) is 13.3 Å². The topological polar surface area (TPSA) is 115 Å². The number of aromatic nitrogens is 1. The maximum absolute atomic E-state index is 13.7. The minimum Gasteiger partial charge on any atom is -0.496 e. The second-order valence-electron chi connectivity index (χ2n) is 11.0. The van der Waals surface area contributed by atoms with Gasteiger partial charge < -0.3 is 24.2 Å². The molecule has 1 N–H and O–H groups in total. The third kappa shape index (κ3) is 5.97. The first-order valence-electron chi connectivity index (χ1n) is 12.9. The molecule has 4 rings (SSSR count). The zero-order valence-electron chi connectivity index (χ0n) is 22.0. The highest BCUT2D eigenvalue weighted by molar-refractivity contribution is 5.93. The van der Waals surface area contributed by atoms with Gasteiger partial charge in [0, 0.05) is 23.4 Å². The van der Waals surface area contributed by atoms with Crippen LogP contribution in [0.4, 0.5) is 0 Å². The fourth-order valence-corrected chi connectivity index (χ4v) is 5.19. The van der Waals surface area contributed by atoms with Crippen LogP contribution in [0.5, 0.6) is 11.6 Å². The molecule has 2 aliphatic rings. The number of fused-ring (bicyclic) bond motifs is 3. The summed E-state index contributed by atoms with van der Waals surface area (Å²) in [6.07, 6.45) is 4.41. The molecule has 1 aromatic heterocycles. The molecule has 1 aromatic carbocycles. The van der Waals surface area contributed by atoms with Crippen molar-refractivity contribution in [2.45, 2.75) is 71.4 Å². The molecular formula is C28H36N2O7. The van der Waals surface area contributed by atoms with Crippen molar-refractivity contribution < 1.29 is 33.7 Å². The number of aliphatic carboxylic acids is 1. The lowest BCUT2D eigenvalue weighted by molar-refractivity contribution is -0.155. The molecule has 200 valence electrons. The number of benzene rings is 1. The normalized spacial score (nSPS) is 23.8. The SMILES string of the molecule is COc1cc2cc3c(nccc13)O[C@@H]1C[C@@H](C(=O)O)N(C1)C(=O)[C@H](C(C)(C)C)CC(=O)OCCCCC2. The van der Waals surface area contributed by atoms with Gasteiger partial charge >= 0.3 is 11.9 Å². The molecule has 0 saturated carbocycles. The van der Waals surface area contributed by atoms with E-state index in [-0.39, 0.29) is 31.9 Å². The zero-order valence-corrected chi connectivity index (χ0v) is 22.0. The number of carboxylic acid groups (broad SMARTS) is 1. The summed E-state index contributed by atoms with van der Waals surface area (Å²) in [5.41, 5.74) is 0.503. The van der Waals surface area contributed by atoms with Crippen LogP contribution in [-0.2, 0) is 25.5 Å². The van der Waals surface area contributed by atoms with Crippen LogP contribution in [-0.4, -0.2) is 65.2 Å². The second kappa shape index (κ2) is 10.9. The smallest absolute Gasteiger partial charge is 0.326 e. The fourth-order valence-electron chi connectivity index (χ4n) is 5.19. The van der Waals surface area contributed by atoms with E-state index in [0.29, 0.717) is 11.6 Å². The lowest BCUT2D eigenvalue weighted by Crippen LogP contribution is -2.47. The Balaban J connectivity index is 1.73. The number of ether oxygens (including phenoxy) is 3. The molecular weight excluding hydrogens is 476 g/mol. The molecule has 3 atom stereocenters. The maximum Gasteiger partial charge on any atom is 0.326 e. The Hall–Kier alpha value is -3.36. The van der Waals surface area contributed by atoms with E-state index in [2.05, 4.69) is 4.98 Å². The highest BCUT2D eigenvalue weighted by atomic mass is 16.5. The van der Waals surface area contributed by atoms with Crippen molar-refractivity contribution in [2.75, 3.05) is 20.3 Å². The van der Waals surface area contributed by atoms with Crippen LogP contribution in [0.25, 0.3) is 10.8 Å². The summed E-state index contributed by atoms with van der Waals surface area (Å²) in [5, 5.41) is 11.6. The average Bonchev–Trinajstić information content (AvgIpc) is 3.27. The molecule has 37 heavy (non-hydrogen) atoms. The fraction of sp³-hybridized carbons (Fsp3) is 0.571. The number of hydrogen-bond donors (Lipinski definition) is 1. The summed E-state index contributed by atoms with van der Waals surface area (Å²) < 4.78 is 17.4. The molecule has 3 heterocycles. The number of carbonyl (C=O) groups excluding carboxylic acids is 2. The standard InChI is InChI=1S/C28H36N2O7/c1-28(2,3)21-15-24(31)36-11-7-5-6-8-17-12-20-19(23(13-17)35-4)9-10-29-25(20)37-18-14-22(27(33)34)30(16-18)26(21)32/h9-10,12-13,18,21-22H,5-8,11,14-16H2,1-4H3,(H,33,34)/t18-,21-,22+/m1/s1. The van der Waals surface area contributed by atoms with Gasteiger partial charge in [0.1, 0.15) is 17.9 Å². The van der Waals surface area contributed by atoms with Gasteiger partial charge in [0.15, 0.2) is 0 Å². The Morgan fingerprint density at radius 1 is 1.16 bits per heavy atom. The number of rotatable bonds is 2. The first-order chi connectivity index (χ1) is 17.6. The van der Waals surface area contributed by atoms with Crippen molar-refractivity contribution in [1.29, 1.82) is 0 Å². The second-order valence-corrected chi connectivity index (χ2v) is 11.0. The van der Waals surface area contributed by atoms with Crippen molar-refractivity contribution >= 4 is 28.6 Å². The van der Waals surface area contributed by atoms with E-state index in [9.17, 15) is 19.5 Å². The summed E-state index contributed by atoms with van der Waals surface area (Å²) >= 11 is 0. The summed E-state index contributed by atoms with van der Waals surface area (Å²) in [4.78, 5) is 44.3. The number of nitrogens with zero attached hydrogens (tertiary/aromatic N) is 2. The molecule has 1 amide bonds. The highest BCUT2D eigenvalue weighted by Crippen LogP contribution is 2.36. The number of amides is 1.